The van der Waals surface area contributed by atoms with Crippen molar-refractivity contribution >= 4 is 11.8 Å². The molecule has 0 unspecified atom stereocenters. The van der Waals surface area contributed by atoms with Crippen LogP contribution >= 0.6 is 11.8 Å². The molecule has 0 radical (unpaired) electrons. The van der Waals surface area contributed by atoms with Crippen LogP contribution in [0, 0.1) is 5.82 Å². The van der Waals surface area contributed by atoms with Crippen LogP contribution in [0.15, 0.2) is 53.7 Å². The molecular formula is C19H21FN4S. The van der Waals surface area contributed by atoms with Crippen molar-refractivity contribution in [3.8, 4) is 11.4 Å². The molecule has 2 N–H and O–H groups in total. The molecule has 0 saturated heterocycles. The Morgan fingerprint density at radius 2 is 1.72 bits per heavy atom. The highest BCUT2D eigenvalue weighted by Crippen LogP contribution is 2.27. The summed E-state index contributed by atoms with van der Waals surface area (Å²) in [6.45, 7) is 6.51. The number of rotatable bonds is 4. The van der Waals surface area contributed by atoms with Gasteiger partial charge in [-0.1, -0.05) is 75.0 Å². The number of nitrogens with two attached hydrogens (primary N) is 1. The second-order valence-corrected chi connectivity index (χ2v) is 7.83. The Balaban J connectivity index is 1.78. The molecule has 0 amide bonds. The SMILES string of the molecule is CC(C)(C)c1ccc(-c2nnc(SCc3ccccc3F)n2N)cc1. The summed E-state index contributed by atoms with van der Waals surface area (Å²) in [5, 5.41) is 8.88. The van der Waals surface area contributed by atoms with Crippen LogP contribution in [0.5, 0.6) is 0 Å². The molecule has 3 rings (SSSR count). The summed E-state index contributed by atoms with van der Waals surface area (Å²) in [6, 6.07) is 14.9. The van der Waals surface area contributed by atoms with Gasteiger partial charge in [0.05, 0.1) is 0 Å². The van der Waals surface area contributed by atoms with E-state index in [1.807, 2.05) is 18.2 Å². The molecule has 0 bridgehead atoms. The lowest BCUT2D eigenvalue weighted by molar-refractivity contribution is 0.590. The van der Waals surface area contributed by atoms with Gasteiger partial charge in [-0.2, -0.15) is 0 Å². The summed E-state index contributed by atoms with van der Waals surface area (Å²) in [4.78, 5) is 0. The molecule has 0 atom stereocenters. The van der Waals surface area contributed by atoms with Crippen molar-refractivity contribution in [2.24, 2.45) is 0 Å². The molecule has 0 saturated carbocycles. The molecule has 4 nitrogen and oxygen atoms in total. The number of hydrogen-bond acceptors (Lipinski definition) is 4. The highest BCUT2D eigenvalue weighted by atomic mass is 32.2. The maximum absolute atomic E-state index is 13.7. The Hall–Kier alpha value is -2.34. The van der Waals surface area contributed by atoms with Gasteiger partial charge >= 0.3 is 0 Å². The molecular weight excluding hydrogens is 335 g/mol. The third-order valence-electron chi connectivity index (χ3n) is 3.99. The molecule has 3 aromatic rings. The van der Waals surface area contributed by atoms with Crippen LogP contribution in [0.2, 0.25) is 0 Å². The zero-order chi connectivity index (χ0) is 18.0. The Labute approximate surface area is 151 Å². The molecule has 0 aliphatic heterocycles. The van der Waals surface area contributed by atoms with E-state index in [2.05, 4.69) is 43.1 Å². The summed E-state index contributed by atoms with van der Waals surface area (Å²) in [6.07, 6.45) is 0. The van der Waals surface area contributed by atoms with Gasteiger partial charge in [0.1, 0.15) is 5.82 Å². The zero-order valence-corrected chi connectivity index (χ0v) is 15.3. The predicted molar refractivity (Wildman–Crippen MR) is 100 cm³/mol. The Bertz CT molecular complexity index is 866. The largest absolute Gasteiger partial charge is 0.335 e. The van der Waals surface area contributed by atoms with Gasteiger partial charge in [-0.3, -0.25) is 0 Å². The predicted octanol–water partition coefficient (Wildman–Crippen LogP) is 4.39. The highest BCUT2D eigenvalue weighted by Gasteiger charge is 2.16. The van der Waals surface area contributed by atoms with E-state index in [1.54, 1.807) is 12.1 Å². The highest BCUT2D eigenvalue weighted by molar-refractivity contribution is 7.98. The Morgan fingerprint density at radius 1 is 1.04 bits per heavy atom. The van der Waals surface area contributed by atoms with Crippen molar-refractivity contribution in [2.45, 2.75) is 37.1 Å². The van der Waals surface area contributed by atoms with Gasteiger partial charge in [-0.05, 0) is 22.6 Å². The van der Waals surface area contributed by atoms with E-state index in [4.69, 9.17) is 5.84 Å². The number of halogens is 1. The number of benzene rings is 2. The Kier molecular flexibility index (Phi) is 4.81. The maximum Gasteiger partial charge on any atom is 0.210 e. The standard InChI is InChI=1S/C19H21FN4S/c1-19(2,3)15-10-8-13(9-11-15)17-22-23-18(24(17)21)25-12-14-6-4-5-7-16(14)20/h4-11H,12,21H2,1-3H3. The van der Waals surface area contributed by atoms with Gasteiger partial charge in [0.25, 0.3) is 0 Å². The van der Waals surface area contributed by atoms with Crippen molar-refractivity contribution in [3.63, 3.8) is 0 Å². The average molecular weight is 356 g/mol. The van der Waals surface area contributed by atoms with Gasteiger partial charge in [0.2, 0.25) is 5.16 Å². The third kappa shape index (κ3) is 3.85. The summed E-state index contributed by atoms with van der Waals surface area (Å²) in [5.41, 5.74) is 2.86. The van der Waals surface area contributed by atoms with E-state index in [9.17, 15) is 4.39 Å². The second-order valence-electron chi connectivity index (χ2n) is 6.88. The van der Waals surface area contributed by atoms with Gasteiger partial charge < -0.3 is 5.84 Å². The van der Waals surface area contributed by atoms with Crippen molar-refractivity contribution in [1.82, 2.24) is 14.9 Å². The minimum absolute atomic E-state index is 0.0929. The topological polar surface area (TPSA) is 56.7 Å². The van der Waals surface area contributed by atoms with Crippen molar-refractivity contribution < 1.29 is 4.39 Å². The maximum atomic E-state index is 13.7. The number of nitrogen functional groups attached to an aromatic ring is 1. The first-order valence-corrected chi connectivity index (χ1v) is 9.02. The molecule has 0 aliphatic rings. The van der Waals surface area contributed by atoms with Crippen LogP contribution in [0.3, 0.4) is 0 Å². The smallest absolute Gasteiger partial charge is 0.210 e. The lowest BCUT2D eigenvalue weighted by Gasteiger charge is -2.19. The fourth-order valence-corrected chi connectivity index (χ4v) is 3.29. The van der Waals surface area contributed by atoms with E-state index >= 15 is 0 Å². The van der Waals surface area contributed by atoms with Gasteiger partial charge in [0, 0.05) is 11.3 Å². The average Bonchev–Trinajstić information content (AvgIpc) is 2.94. The van der Waals surface area contributed by atoms with Crippen LogP contribution in [-0.4, -0.2) is 14.9 Å². The molecule has 130 valence electrons. The number of thioether (sulfide) groups is 1. The second kappa shape index (κ2) is 6.88. The molecule has 6 heteroatoms. The van der Waals surface area contributed by atoms with E-state index < -0.39 is 0 Å². The molecule has 0 spiro atoms. The van der Waals surface area contributed by atoms with Crippen molar-refractivity contribution in [1.29, 1.82) is 0 Å². The van der Waals surface area contributed by atoms with Crippen molar-refractivity contribution in [3.05, 3.63) is 65.5 Å². The van der Waals surface area contributed by atoms with Crippen LogP contribution in [0.25, 0.3) is 11.4 Å². The normalized spacial score (nSPS) is 11.7. The molecule has 0 fully saturated rings. The van der Waals surface area contributed by atoms with E-state index in [-0.39, 0.29) is 11.2 Å². The molecule has 1 aromatic heterocycles. The first-order valence-electron chi connectivity index (χ1n) is 8.04. The van der Waals surface area contributed by atoms with Gasteiger partial charge in [-0.25, -0.2) is 9.07 Å². The summed E-state index contributed by atoms with van der Waals surface area (Å²) in [7, 11) is 0. The quantitative estimate of drug-likeness (QED) is 0.556. The first kappa shape index (κ1) is 17.5. The van der Waals surface area contributed by atoms with Crippen LogP contribution in [0.4, 0.5) is 4.39 Å². The Morgan fingerprint density at radius 3 is 2.36 bits per heavy atom. The minimum atomic E-state index is -0.226. The number of hydrogen-bond donors (Lipinski definition) is 1. The molecule has 2 aromatic carbocycles. The van der Waals surface area contributed by atoms with Gasteiger partial charge in [-0.15, -0.1) is 10.2 Å². The number of nitrogens with zero attached hydrogens (tertiary/aromatic N) is 3. The van der Waals surface area contributed by atoms with Gasteiger partial charge in [0.15, 0.2) is 5.82 Å². The molecule has 0 aliphatic carbocycles. The third-order valence-corrected chi connectivity index (χ3v) is 4.98. The zero-order valence-electron chi connectivity index (χ0n) is 14.5. The lowest BCUT2D eigenvalue weighted by atomic mass is 9.87. The molecule has 25 heavy (non-hydrogen) atoms. The van der Waals surface area contributed by atoms with E-state index in [0.717, 1.165) is 5.56 Å². The van der Waals surface area contributed by atoms with E-state index in [0.29, 0.717) is 22.3 Å². The van der Waals surface area contributed by atoms with Crippen LogP contribution in [0.1, 0.15) is 31.9 Å². The summed E-state index contributed by atoms with van der Waals surface area (Å²) in [5.74, 6) is 6.96. The monoisotopic (exact) mass is 356 g/mol. The summed E-state index contributed by atoms with van der Waals surface area (Å²) < 4.78 is 15.2. The summed E-state index contributed by atoms with van der Waals surface area (Å²) >= 11 is 1.36. The number of aromatic nitrogens is 3. The fraction of sp³-hybridized carbons (Fsp3) is 0.263. The van der Waals surface area contributed by atoms with Crippen molar-refractivity contribution in [2.75, 3.05) is 5.84 Å². The first-order chi connectivity index (χ1) is 11.9. The lowest BCUT2D eigenvalue weighted by Crippen LogP contribution is -2.12. The fourth-order valence-electron chi connectivity index (χ4n) is 2.45. The van der Waals surface area contributed by atoms with E-state index in [1.165, 1.54) is 28.1 Å². The van der Waals surface area contributed by atoms with Crippen LogP contribution in [-0.2, 0) is 11.2 Å². The molecule has 1 heterocycles. The minimum Gasteiger partial charge on any atom is -0.335 e. The van der Waals surface area contributed by atoms with Crippen LogP contribution < -0.4 is 5.84 Å².